The third-order valence-electron chi connectivity index (χ3n) is 4.39. The molecule has 0 bridgehead atoms. The molecule has 4 aromatic rings. The molecule has 6 nitrogen and oxygen atoms in total. The topological polar surface area (TPSA) is 78.7 Å². The van der Waals surface area contributed by atoms with Crippen LogP contribution >= 0.6 is 0 Å². The minimum atomic E-state index is -0.401. The molecule has 2 heterocycles. The van der Waals surface area contributed by atoms with E-state index in [4.69, 9.17) is 5.73 Å². The minimum absolute atomic E-state index is 0.181. The monoisotopic (exact) mass is 369 g/mol. The largest absolute Gasteiger partial charge is 0.322 e. The first-order chi connectivity index (χ1) is 13.5. The Hall–Kier alpha value is -3.69. The maximum absolute atomic E-state index is 13.5. The Labute approximate surface area is 162 Å². The number of aromatic nitrogens is 4. The van der Waals surface area contributed by atoms with Crippen LogP contribution in [0.25, 0.3) is 16.6 Å². The summed E-state index contributed by atoms with van der Waals surface area (Å²) < 4.78 is 3.26. The fourth-order valence-electron chi connectivity index (χ4n) is 3.11. The summed E-state index contributed by atoms with van der Waals surface area (Å²) in [6.07, 6.45) is 3.51. The number of hydrogen-bond acceptors (Lipinski definition) is 4. The van der Waals surface area contributed by atoms with Crippen LogP contribution in [0, 0.1) is 11.8 Å². The van der Waals surface area contributed by atoms with Crippen molar-refractivity contribution in [1.82, 2.24) is 19.3 Å². The average molecular weight is 369 g/mol. The molecule has 0 saturated carbocycles. The van der Waals surface area contributed by atoms with E-state index in [1.165, 1.54) is 0 Å². The molecule has 6 heteroatoms. The van der Waals surface area contributed by atoms with Gasteiger partial charge in [-0.05, 0) is 31.2 Å². The van der Waals surface area contributed by atoms with E-state index in [0.29, 0.717) is 22.3 Å². The first-order valence-corrected chi connectivity index (χ1v) is 8.92. The highest BCUT2D eigenvalue weighted by Gasteiger charge is 2.17. The molecular formula is C22H19N5O. The fourth-order valence-corrected chi connectivity index (χ4v) is 3.11. The van der Waals surface area contributed by atoms with E-state index >= 15 is 0 Å². The van der Waals surface area contributed by atoms with Crippen LogP contribution in [0.4, 0.5) is 0 Å². The van der Waals surface area contributed by atoms with Crippen LogP contribution in [0.5, 0.6) is 0 Å². The second-order valence-corrected chi connectivity index (χ2v) is 6.59. The highest BCUT2D eigenvalue weighted by atomic mass is 16.1. The lowest BCUT2D eigenvalue weighted by Gasteiger charge is -2.16. The maximum Gasteiger partial charge on any atom is 0.267 e. The van der Waals surface area contributed by atoms with Crippen molar-refractivity contribution in [3.8, 4) is 17.5 Å². The molecule has 0 aliphatic carbocycles. The quantitative estimate of drug-likeness (QED) is 0.551. The number of para-hydroxylation sites is 1. The van der Waals surface area contributed by atoms with E-state index in [1.54, 1.807) is 15.4 Å². The van der Waals surface area contributed by atoms with Gasteiger partial charge < -0.3 is 5.73 Å². The van der Waals surface area contributed by atoms with Crippen molar-refractivity contribution in [2.75, 3.05) is 0 Å². The highest BCUT2D eigenvalue weighted by Crippen LogP contribution is 2.19. The van der Waals surface area contributed by atoms with Gasteiger partial charge in [0.05, 0.1) is 34.4 Å². The van der Waals surface area contributed by atoms with Gasteiger partial charge in [-0.1, -0.05) is 36.1 Å². The summed E-state index contributed by atoms with van der Waals surface area (Å²) in [7, 11) is 1.83. The van der Waals surface area contributed by atoms with Gasteiger partial charge in [-0.15, -0.1) is 0 Å². The van der Waals surface area contributed by atoms with Crippen molar-refractivity contribution >= 4 is 10.9 Å². The standard InChI is InChI=1S/C22H19N5O/c1-15(23)21-25-19-10-6-7-17(12-11-16-13-24-26(2)14-16)20(19)22(28)27(21)18-8-4-3-5-9-18/h3-10,13-15H,23H2,1-2H3/t15-/m0/s1. The smallest absolute Gasteiger partial charge is 0.267 e. The van der Waals surface area contributed by atoms with Gasteiger partial charge in [0.1, 0.15) is 5.82 Å². The van der Waals surface area contributed by atoms with Crippen LogP contribution in [0.3, 0.4) is 0 Å². The van der Waals surface area contributed by atoms with Crippen molar-refractivity contribution in [1.29, 1.82) is 0 Å². The summed E-state index contributed by atoms with van der Waals surface area (Å²) >= 11 is 0. The lowest BCUT2D eigenvalue weighted by atomic mass is 10.1. The molecule has 2 aromatic heterocycles. The van der Waals surface area contributed by atoms with Gasteiger partial charge in [-0.2, -0.15) is 5.10 Å². The fraction of sp³-hybridized carbons (Fsp3) is 0.136. The maximum atomic E-state index is 13.5. The van der Waals surface area contributed by atoms with Crippen LogP contribution in [-0.4, -0.2) is 19.3 Å². The van der Waals surface area contributed by atoms with Crippen molar-refractivity contribution < 1.29 is 0 Å². The molecule has 0 saturated heterocycles. The van der Waals surface area contributed by atoms with E-state index in [2.05, 4.69) is 21.9 Å². The SMILES string of the molecule is C[C@H](N)c1nc2cccc(C#Cc3cnn(C)c3)c2c(=O)n1-c1ccccc1. The summed E-state index contributed by atoms with van der Waals surface area (Å²) in [6, 6.07) is 14.5. The van der Waals surface area contributed by atoms with Gasteiger partial charge in [-0.25, -0.2) is 4.98 Å². The van der Waals surface area contributed by atoms with Crippen LogP contribution in [0.2, 0.25) is 0 Å². The number of rotatable bonds is 2. The van der Waals surface area contributed by atoms with E-state index < -0.39 is 6.04 Å². The number of nitrogens with two attached hydrogens (primary N) is 1. The summed E-state index contributed by atoms with van der Waals surface area (Å²) in [4.78, 5) is 18.2. The number of hydrogen-bond donors (Lipinski definition) is 1. The predicted octanol–water partition coefficient (Wildman–Crippen LogP) is 2.54. The van der Waals surface area contributed by atoms with Crippen LogP contribution in [0.15, 0.2) is 65.7 Å². The van der Waals surface area contributed by atoms with E-state index in [-0.39, 0.29) is 5.56 Å². The zero-order valence-corrected chi connectivity index (χ0v) is 15.6. The molecule has 2 aromatic carbocycles. The van der Waals surface area contributed by atoms with Gasteiger partial charge in [-0.3, -0.25) is 14.0 Å². The lowest BCUT2D eigenvalue weighted by molar-refractivity contribution is 0.696. The number of fused-ring (bicyclic) bond motifs is 1. The summed E-state index contributed by atoms with van der Waals surface area (Å²) in [5.41, 5.74) is 8.66. The molecule has 0 radical (unpaired) electrons. The Kier molecular flexibility index (Phi) is 4.52. The van der Waals surface area contributed by atoms with Gasteiger partial charge >= 0.3 is 0 Å². The molecule has 0 aliphatic heterocycles. The van der Waals surface area contributed by atoms with Crippen LogP contribution in [0.1, 0.15) is 29.9 Å². The third-order valence-corrected chi connectivity index (χ3v) is 4.39. The molecule has 0 unspecified atom stereocenters. The van der Waals surface area contributed by atoms with Crippen molar-refractivity contribution in [2.24, 2.45) is 12.8 Å². The van der Waals surface area contributed by atoms with Crippen LogP contribution < -0.4 is 11.3 Å². The van der Waals surface area contributed by atoms with E-state index in [9.17, 15) is 4.79 Å². The van der Waals surface area contributed by atoms with E-state index in [1.807, 2.05) is 68.7 Å². The normalized spacial score (nSPS) is 11.8. The molecule has 0 spiro atoms. The first-order valence-electron chi connectivity index (χ1n) is 8.92. The number of benzene rings is 2. The first kappa shape index (κ1) is 17.7. The molecule has 0 aliphatic rings. The lowest BCUT2D eigenvalue weighted by Crippen LogP contribution is -2.27. The molecule has 4 rings (SSSR count). The summed E-state index contributed by atoms with van der Waals surface area (Å²) in [5.74, 6) is 6.68. The summed E-state index contributed by atoms with van der Waals surface area (Å²) in [6.45, 7) is 1.82. The van der Waals surface area contributed by atoms with Gasteiger partial charge in [0.25, 0.3) is 5.56 Å². The molecule has 28 heavy (non-hydrogen) atoms. The summed E-state index contributed by atoms with van der Waals surface area (Å²) in [5, 5.41) is 4.59. The Balaban J connectivity index is 2.00. The highest BCUT2D eigenvalue weighted by molar-refractivity contribution is 5.85. The second kappa shape index (κ2) is 7.14. The zero-order valence-electron chi connectivity index (χ0n) is 15.6. The van der Waals surface area contributed by atoms with Crippen molar-refractivity contribution in [2.45, 2.75) is 13.0 Å². The molecule has 1 atom stereocenters. The predicted molar refractivity (Wildman–Crippen MR) is 109 cm³/mol. The number of aryl methyl sites for hydroxylation is 1. The third kappa shape index (κ3) is 3.20. The molecule has 2 N–H and O–H groups in total. The van der Waals surface area contributed by atoms with Crippen molar-refractivity contribution in [3.05, 3.63) is 88.2 Å². The zero-order chi connectivity index (χ0) is 19.7. The molecular weight excluding hydrogens is 350 g/mol. The Morgan fingerprint density at radius 3 is 2.54 bits per heavy atom. The second-order valence-electron chi connectivity index (χ2n) is 6.59. The van der Waals surface area contributed by atoms with Gasteiger partial charge in [0, 0.05) is 18.8 Å². The Morgan fingerprint density at radius 2 is 1.86 bits per heavy atom. The minimum Gasteiger partial charge on any atom is -0.322 e. The van der Waals surface area contributed by atoms with E-state index in [0.717, 1.165) is 11.3 Å². The molecule has 0 amide bonds. The van der Waals surface area contributed by atoms with Gasteiger partial charge in [0.15, 0.2) is 0 Å². The molecule has 138 valence electrons. The number of nitrogens with zero attached hydrogens (tertiary/aromatic N) is 4. The van der Waals surface area contributed by atoms with Crippen molar-refractivity contribution in [3.63, 3.8) is 0 Å². The average Bonchev–Trinajstić information content (AvgIpc) is 3.11. The van der Waals surface area contributed by atoms with Crippen LogP contribution in [-0.2, 0) is 7.05 Å². The Bertz CT molecular complexity index is 1270. The molecule has 0 fully saturated rings. The Morgan fingerprint density at radius 1 is 1.07 bits per heavy atom. The van der Waals surface area contributed by atoms with Gasteiger partial charge in [0.2, 0.25) is 0 Å².